The number of ether oxygens (including phenoxy) is 1. The van der Waals surface area contributed by atoms with Gasteiger partial charge >= 0.3 is 0 Å². The number of hydrogen-bond acceptors (Lipinski definition) is 4. The molecule has 0 aromatic heterocycles. The highest BCUT2D eigenvalue weighted by Crippen LogP contribution is 2.51. The van der Waals surface area contributed by atoms with E-state index >= 15 is 0 Å². The number of rotatable bonds is 9. The molecule has 0 radical (unpaired) electrons. The van der Waals surface area contributed by atoms with Gasteiger partial charge in [0.05, 0.1) is 13.2 Å². The third-order valence-electron chi connectivity index (χ3n) is 3.26. The van der Waals surface area contributed by atoms with Gasteiger partial charge in [-0.05, 0) is 25.0 Å². The maximum atomic E-state index is 11.7. The van der Waals surface area contributed by atoms with Gasteiger partial charge in [-0.3, -0.25) is 4.79 Å². The van der Waals surface area contributed by atoms with Gasteiger partial charge in [0.25, 0.3) is 0 Å². The molecule has 0 unspecified atom stereocenters. The van der Waals surface area contributed by atoms with Crippen molar-refractivity contribution in [3.8, 4) is 0 Å². The maximum absolute atomic E-state index is 11.7. The zero-order valence-electron chi connectivity index (χ0n) is 11.9. The number of thioether (sulfide) groups is 1. The van der Waals surface area contributed by atoms with Crippen LogP contribution in [0.15, 0.2) is 35.2 Å². The molecule has 0 bridgehead atoms. The fourth-order valence-corrected chi connectivity index (χ4v) is 3.13. The van der Waals surface area contributed by atoms with Gasteiger partial charge in [-0.2, -0.15) is 0 Å². The van der Waals surface area contributed by atoms with Crippen LogP contribution in [0.25, 0.3) is 0 Å². The van der Waals surface area contributed by atoms with Crippen molar-refractivity contribution in [2.24, 2.45) is 0 Å². The predicted octanol–water partition coefficient (Wildman–Crippen LogP) is 1.66. The predicted molar refractivity (Wildman–Crippen MR) is 82.0 cm³/mol. The molecular formula is C15H22N2O2S. The van der Waals surface area contributed by atoms with E-state index in [9.17, 15) is 4.79 Å². The molecule has 2 N–H and O–H groups in total. The molecule has 0 spiro atoms. The second-order valence-corrected chi connectivity index (χ2v) is 6.59. The lowest BCUT2D eigenvalue weighted by molar-refractivity contribution is -0.120. The minimum Gasteiger partial charge on any atom is -0.383 e. The number of carbonyl (C=O) groups is 1. The standard InChI is InChI=1S/C15H22N2O2S/c1-19-10-9-16-11-14(18)17-12-15(7-8-15)20-13-5-3-2-4-6-13/h2-6,16H,7-12H2,1H3,(H,17,18). The Labute approximate surface area is 124 Å². The van der Waals surface area contributed by atoms with Crippen LogP contribution >= 0.6 is 11.8 Å². The van der Waals surface area contributed by atoms with E-state index in [1.54, 1.807) is 7.11 Å². The van der Waals surface area contributed by atoms with E-state index in [0.717, 1.165) is 6.54 Å². The number of hydrogen-bond donors (Lipinski definition) is 2. The molecule has 1 saturated carbocycles. The quantitative estimate of drug-likeness (QED) is 0.680. The molecule has 20 heavy (non-hydrogen) atoms. The van der Waals surface area contributed by atoms with Crippen LogP contribution in [0.1, 0.15) is 12.8 Å². The molecule has 2 rings (SSSR count). The Kier molecular flexibility index (Phi) is 5.88. The molecule has 0 saturated heterocycles. The number of amides is 1. The Bertz CT molecular complexity index is 421. The Morgan fingerprint density at radius 3 is 2.75 bits per heavy atom. The van der Waals surface area contributed by atoms with Crippen LogP contribution in [0.5, 0.6) is 0 Å². The monoisotopic (exact) mass is 294 g/mol. The van der Waals surface area contributed by atoms with E-state index < -0.39 is 0 Å². The molecule has 0 aliphatic heterocycles. The van der Waals surface area contributed by atoms with Gasteiger partial charge in [0.2, 0.25) is 5.91 Å². The Morgan fingerprint density at radius 1 is 1.35 bits per heavy atom. The van der Waals surface area contributed by atoms with Gasteiger partial charge in [0, 0.05) is 29.8 Å². The first kappa shape index (κ1) is 15.4. The second-order valence-electron chi connectivity index (χ2n) is 5.04. The van der Waals surface area contributed by atoms with E-state index in [0.29, 0.717) is 19.7 Å². The molecule has 0 heterocycles. The van der Waals surface area contributed by atoms with Crippen molar-refractivity contribution in [3.63, 3.8) is 0 Å². The van der Waals surface area contributed by atoms with Crippen molar-refractivity contribution in [2.75, 3.05) is 33.4 Å². The van der Waals surface area contributed by atoms with Gasteiger partial charge in [-0.15, -0.1) is 11.8 Å². The summed E-state index contributed by atoms with van der Waals surface area (Å²) in [4.78, 5) is 13.0. The van der Waals surface area contributed by atoms with Crippen molar-refractivity contribution in [3.05, 3.63) is 30.3 Å². The summed E-state index contributed by atoms with van der Waals surface area (Å²) in [6.45, 7) is 2.43. The highest BCUT2D eigenvalue weighted by Gasteiger charge is 2.43. The average molecular weight is 294 g/mol. The summed E-state index contributed by atoms with van der Waals surface area (Å²) in [5.41, 5.74) is 0. The molecule has 1 aromatic rings. The zero-order chi connectivity index (χ0) is 14.3. The molecule has 1 aromatic carbocycles. The molecule has 1 aliphatic carbocycles. The SMILES string of the molecule is COCCNCC(=O)NCC1(Sc2ccccc2)CC1. The van der Waals surface area contributed by atoms with E-state index in [-0.39, 0.29) is 10.7 Å². The lowest BCUT2D eigenvalue weighted by Crippen LogP contribution is -2.38. The third-order valence-corrected chi connectivity index (χ3v) is 4.75. The molecule has 5 heteroatoms. The summed E-state index contributed by atoms with van der Waals surface area (Å²) in [7, 11) is 1.65. The lowest BCUT2D eigenvalue weighted by atomic mass is 10.4. The van der Waals surface area contributed by atoms with Crippen LogP contribution in [0, 0.1) is 0 Å². The second kappa shape index (κ2) is 7.67. The first-order valence-electron chi connectivity index (χ1n) is 6.94. The molecule has 1 fully saturated rings. The van der Waals surface area contributed by atoms with E-state index in [2.05, 4.69) is 34.9 Å². The van der Waals surface area contributed by atoms with Crippen molar-refractivity contribution < 1.29 is 9.53 Å². The summed E-state index contributed by atoms with van der Waals surface area (Å²) in [6, 6.07) is 10.4. The van der Waals surface area contributed by atoms with Gasteiger partial charge < -0.3 is 15.4 Å². The summed E-state index contributed by atoms with van der Waals surface area (Å²) < 4.78 is 5.13. The molecular weight excluding hydrogens is 272 g/mol. The van der Waals surface area contributed by atoms with Crippen LogP contribution in [0.4, 0.5) is 0 Å². The highest BCUT2D eigenvalue weighted by atomic mass is 32.2. The summed E-state index contributed by atoms with van der Waals surface area (Å²) in [5.74, 6) is 0.0565. The van der Waals surface area contributed by atoms with Crippen LogP contribution in [-0.4, -0.2) is 44.0 Å². The van der Waals surface area contributed by atoms with Gasteiger partial charge in [-0.25, -0.2) is 0 Å². The maximum Gasteiger partial charge on any atom is 0.234 e. The highest BCUT2D eigenvalue weighted by molar-refractivity contribution is 8.01. The van der Waals surface area contributed by atoms with Crippen molar-refractivity contribution >= 4 is 17.7 Å². The molecule has 0 atom stereocenters. The topological polar surface area (TPSA) is 50.4 Å². The smallest absolute Gasteiger partial charge is 0.234 e. The Morgan fingerprint density at radius 2 is 2.10 bits per heavy atom. The summed E-state index contributed by atoms with van der Waals surface area (Å²) >= 11 is 1.88. The number of carbonyl (C=O) groups excluding carboxylic acids is 1. The van der Waals surface area contributed by atoms with Crippen LogP contribution < -0.4 is 10.6 Å². The van der Waals surface area contributed by atoms with E-state index in [1.165, 1.54) is 17.7 Å². The van der Waals surface area contributed by atoms with Crippen LogP contribution in [-0.2, 0) is 9.53 Å². The van der Waals surface area contributed by atoms with Crippen molar-refractivity contribution in [1.82, 2.24) is 10.6 Å². The van der Waals surface area contributed by atoms with Crippen LogP contribution in [0.2, 0.25) is 0 Å². The first-order chi connectivity index (χ1) is 9.74. The van der Waals surface area contributed by atoms with E-state index in [4.69, 9.17) is 4.74 Å². The van der Waals surface area contributed by atoms with Gasteiger partial charge in [0.15, 0.2) is 0 Å². The van der Waals surface area contributed by atoms with Crippen molar-refractivity contribution in [2.45, 2.75) is 22.5 Å². The Hall–Kier alpha value is -1.04. The van der Waals surface area contributed by atoms with Crippen LogP contribution in [0.3, 0.4) is 0 Å². The molecule has 110 valence electrons. The molecule has 1 amide bonds. The van der Waals surface area contributed by atoms with Gasteiger partial charge in [0.1, 0.15) is 0 Å². The van der Waals surface area contributed by atoms with Gasteiger partial charge in [-0.1, -0.05) is 18.2 Å². The largest absolute Gasteiger partial charge is 0.383 e. The molecule has 1 aliphatic rings. The minimum atomic E-state index is 0.0565. The number of nitrogens with one attached hydrogen (secondary N) is 2. The fraction of sp³-hybridized carbons (Fsp3) is 0.533. The normalized spacial score (nSPS) is 15.8. The average Bonchev–Trinajstić information content (AvgIpc) is 3.23. The van der Waals surface area contributed by atoms with Crippen molar-refractivity contribution in [1.29, 1.82) is 0 Å². The first-order valence-corrected chi connectivity index (χ1v) is 7.76. The third kappa shape index (κ3) is 5.15. The summed E-state index contributed by atoms with van der Waals surface area (Å²) in [6.07, 6.45) is 2.34. The molecule has 4 nitrogen and oxygen atoms in total. The Balaban J connectivity index is 1.67. The minimum absolute atomic E-state index is 0.0565. The number of benzene rings is 1. The van der Waals surface area contributed by atoms with E-state index in [1.807, 2.05) is 17.8 Å². The number of methoxy groups -OCH3 is 1. The zero-order valence-corrected chi connectivity index (χ0v) is 12.7. The fourth-order valence-electron chi connectivity index (χ4n) is 1.89. The lowest BCUT2D eigenvalue weighted by Gasteiger charge is -2.16. The summed E-state index contributed by atoms with van der Waals surface area (Å²) in [5, 5.41) is 6.07.